The maximum Gasteiger partial charge on any atom is 0.276 e. The molecule has 2 amide bonds. The number of carbonyl (C=O) groups is 2. The molecule has 1 aliphatic heterocycles. The molecule has 126 valence electrons. The van der Waals surface area contributed by atoms with Crippen LogP contribution in [-0.4, -0.2) is 51.8 Å². The molecule has 7 heteroatoms. The van der Waals surface area contributed by atoms with Gasteiger partial charge < -0.3 is 10.2 Å². The topological polar surface area (TPSA) is 80.1 Å². The Morgan fingerprint density at radius 1 is 1.12 bits per heavy atom. The summed E-state index contributed by atoms with van der Waals surface area (Å²) in [6, 6.07) is 9.51. The third kappa shape index (κ3) is 3.15. The van der Waals surface area contributed by atoms with Crippen LogP contribution in [0.25, 0.3) is 5.69 Å². The standard InChI is InChI=1S/C17H21N5O2/c1-12-15(20-22(19-12)14-6-4-3-5-7-14)17(24)21-10-8-13(9-11-21)16(23)18-2/h3-7,13H,8-11H2,1-2H3,(H,18,23). The second-order valence-corrected chi connectivity index (χ2v) is 5.94. The number of aromatic nitrogens is 3. The van der Waals surface area contributed by atoms with Gasteiger partial charge in [-0.25, -0.2) is 0 Å². The van der Waals surface area contributed by atoms with Crippen LogP contribution < -0.4 is 5.32 Å². The van der Waals surface area contributed by atoms with Crippen molar-refractivity contribution in [3.63, 3.8) is 0 Å². The van der Waals surface area contributed by atoms with Gasteiger partial charge in [-0.3, -0.25) is 9.59 Å². The number of piperidine rings is 1. The molecule has 1 aromatic heterocycles. The Kier molecular flexibility index (Phi) is 4.59. The lowest BCUT2D eigenvalue weighted by molar-refractivity contribution is -0.125. The molecule has 0 unspecified atom stereocenters. The molecule has 0 radical (unpaired) electrons. The largest absolute Gasteiger partial charge is 0.359 e. The number of carbonyl (C=O) groups excluding carboxylic acids is 2. The highest BCUT2D eigenvalue weighted by Gasteiger charge is 2.29. The van der Waals surface area contributed by atoms with Crippen LogP contribution in [0.3, 0.4) is 0 Å². The smallest absolute Gasteiger partial charge is 0.276 e. The third-order valence-electron chi connectivity index (χ3n) is 4.37. The number of amides is 2. The van der Waals surface area contributed by atoms with Crippen molar-refractivity contribution in [3.8, 4) is 5.69 Å². The monoisotopic (exact) mass is 327 g/mol. The van der Waals surface area contributed by atoms with Gasteiger partial charge in [-0.1, -0.05) is 18.2 Å². The molecule has 1 N–H and O–H groups in total. The van der Waals surface area contributed by atoms with Crippen LogP contribution in [0.4, 0.5) is 0 Å². The molecule has 1 saturated heterocycles. The van der Waals surface area contributed by atoms with Crippen LogP contribution in [0, 0.1) is 12.8 Å². The molecule has 2 aromatic rings. The third-order valence-corrected chi connectivity index (χ3v) is 4.37. The normalized spacial score (nSPS) is 15.3. The molecule has 0 aliphatic carbocycles. The first-order chi connectivity index (χ1) is 11.6. The minimum absolute atomic E-state index is 0.0138. The fourth-order valence-corrected chi connectivity index (χ4v) is 2.95. The van der Waals surface area contributed by atoms with E-state index in [1.165, 1.54) is 4.80 Å². The van der Waals surface area contributed by atoms with Gasteiger partial charge in [0.1, 0.15) is 0 Å². The molecule has 3 rings (SSSR count). The van der Waals surface area contributed by atoms with Crippen LogP contribution in [-0.2, 0) is 4.79 Å². The zero-order chi connectivity index (χ0) is 17.1. The van der Waals surface area contributed by atoms with Crippen molar-refractivity contribution in [2.24, 2.45) is 5.92 Å². The maximum absolute atomic E-state index is 12.7. The highest BCUT2D eigenvalue weighted by atomic mass is 16.2. The Balaban J connectivity index is 1.72. The number of para-hydroxylation sites is 1. The number of hydrogen-bond acceptors (Lipinski definition) is 4. The van der Waals surface area contributed by atoms with Crippen LogP contribution in [0.2, 0.25) is 0 Å². The lowest BCUT2D eigenvalue weighted by Gasteiger charge is -2.30. The highest BCUT2D eigenvalue weighted by Crippen LogP contribution is 2.19. The molecular formula is C17H21N5O2. The highest BCUT2D eigenvalue weighted by molar-refractivity contribution is 5.93. The van der Waals surface area contributed by atoms with Crippen molar-refractivity contribution < 1.29 is 9.59 Å². The van der Waals surface area contributed by atoms with Gasteiger partial charge in [0, 0.05) is 26.1 Å². The number of nitrogens with one attached hydrogen (secondary N) is 1. The van der Waals surface area contributed by atoms with Crippen molar-refractivity contribution >= 4 is 11.8 Å². The summed E-state index contributed by atoms with van der Waals surface area (Å²) in [5.41, 5.74) is 1.80. The van der Waals surface area contributed by atoms with E-state index < -0.39 is 0 Å². The van der Waals surface area contributed by atoms with Gasteiger partial charge in [-0.2, -0.15) is 9.90 Å². The second-order valence-electron chi connectivity index (χ2n) is 5.94. The van der Waals surface area contributed by atoms with Gasteiger partial charge in [-0.15, -0.1) is 5.10 Å². The lowest BCUT2D eigenvalue weighted by Crippen LogP contribution is -2.42. The number of benzene rings is 1. The Bertz CT molecular complexity index is 733. The second kappa shape index (κ2) is 6.82. The van der Waals surface area contributed by atoms with Crippen molar-refractivity contribution in [1.82, 2.24) is 25.2 Å². The van der Waals surface area contributed by atoms with Crippen LogP contribution in [0.5, 0.6) is 0 Å². The van der Waals surface area contributed by atoms with E-state index in [4.69, 9.17) is 0 Å². The number of likely N-dealkylation sites (tertiary alicyclic amines) is 1. The summed E-state index contributed by atoms with van der Waals surface area (Å²) in [5, 5.41) is 11.4. The first-order valence-electron chi connectivity index (χ1n) is 8.10. The van der Waals surface area contributed by atoms with Crippen molar-refractivity contribution in [2.45, 2.75) is 19.8 Å². The molecule has 24 heavy (non-hydrogen) atoms. The van der Waals surface area contributed by atoms with E-state index in [0.29, 0.717) is 37.3 Å². The maximum atomic E-state index is 12.7. The fourth-order valence-electron chi connectivity index (χ4n) is 2.95. The van der Waals surface area contributed by atoms with Gasteiger partial charge in [0.15, 0.2) is 5.69 Å². The molecule has 7 nitrogen and oxygen atoms in total. The predicted molar refractivity (Wildman–Crippen MR) is 88.8 cm³/mol. The average Bonchev–Trinajstić information content (AvgIpc) is 3.03. The Morgan fingerprint density at radius 3 is 2.42 bits per heavy atom. The summed E-state index contributed by atoms with van der Waals surface area (Å²) in [6.07, 6.45) is 1.36. The summed E-state index contributed by atoms with van der Waals surface area (Å²) in [4.78, 5) is 27.6. The van der Waals surface area contributed by atoms with E-state index in [2.05, 4.69) is 15.5 Å². The molecule has 2 heterocycles. The fraction of sp³-hybridized carbons (Fsp3) is 0.412. The SMILES string of the molecule is CNC(=O)C1CCN(C(=O)c2nn(-c3ccccc3)nc2C)CC1. The van der Waals surface area contributed by atoms with Crippen molar-refractivity contribution in [1.29, 1.82) is 0 Å². The molecule has 1 aromatic carbocycles. The number of rotatable bonds is 3. The molecule has 0 spiro atoms. The molecule has 1 aliphatic rings. The summed E-state index contributed by atoms with van der Waals surface area (Å²) < 4.78 is 0. The van der Waals surface area contributed by atoms with Gasteiger partial charge in [0.25, 0.3) is 5.91 Å². The van der Waals surface area contributed by atoms with Gasteiger partial charge in [0.05, 0.1) is 11.4 Å². The van der Waals surface area contributed by atoms with Crippen LogP contribution in [0.15, 0.2) is 30.3 Å². The summed E-state index contributed by atoms with van der Waals surface area (Å²) in [6.45, 7) is 2.92. The first-order valence-corrected chi connectivity index (χ1v) is 8.10. The van der Waals surface area contributed by atoms with E-state index in [9.17, 15) is 9.59 Å². The van der Waals surface area contributed by atoms with E-state index in [-0.39, 0.29) is 17.7 Å². The van der Waals surface area contributed by atoms with Gasteiger partial charge >= 0.3 is 0 Å². The van der Waals surface area contributed by atoms with E-state index in [1.807, 2.05) is 30.3 Å². The Morgan fingerprint density at radius 2 is 1.79 bits per heavy atom. The zero-order valence-electron chi connectivity index (χ0n) is 13.9. The van der Waals surface area contributed by atoms with Crippen molar-refractivity contribution in [2.75, 3.05) is 20.1 Å². The summed E-state index contributed by atoms with van der Waals surface area (Å²) >= 11 is 0. The van der Waals surface area contributed by atoms with E-state index in [1.54, 1.807) is 18.9 Å². The molecule has 0 bridgehead atoms. The van der Waals surface area contributed by atoms with Crippen LogP contribution in [0.1, 0.15) is 29.0 Å². The van der Waals surface area contributed by atoms with Crippen molar-refractivity contribution in [3.05, 3.63) is 41.7 Å². The predicted octanol–water partition coefficient (Wildman–Crippen LogP) is 1.17. The molecule has 0 atom stereocenters. The quantitative estimate of drug-likeness (QED) is 0.918. The number of aryl methyl sites for hydroxylation is 1. The number of nitrogens with zero attached hydrogens (tertiary/aromatic N) is 4. The lowest BCUT2D eigenvalue weighted by atomic mass is 9.96. The molecule has 1 fully saturated rings. The molecule has 0 saturated carbocycles. The van der Waals surface area contributed by atoms with E-state index in [0.717, 1.165) is 5.69 Å². The van der Waals surface area contributed by atoms with Gasteiger partial charge in [0.2, 0.25) is 5.91 Å². The first kappa shape index (κ1) is 16.2. The average molecular weight is 327 g/mol. The van der Waals surface area contributed by atoms with E-state index >= 15 is 0 Å². The molecular weight excluding hydrogens is 306 g/mol. The van der Waals surface area contributed by atoms with Gasteiger partial charge in [-0.05, 0) is 31.9 Å². The Hall–Kier alpha value is -2.70. The minimum atomic E-state index is -0.120. The number of hydrogen-bond donors (Lipinski definition) is 1. The Labute approximate surface area is 140 Å². The zero-order valence-corrected chi connectivity index (χ0v) is 13.9. The summed E-state index contributed by atoms with van der Waals surface area (Å²) in [7, 11) is 1.64. The van der Waals surface area contributed by atoms with Crippen LogP contribution >= 0.6 is 0 Å². The minimum Gasteiger partial charge on any atom is -0.359 e. The summed E-state index contributed by atoms with van der Waals surface area (Å²) in [5.74, 6) is -0.0847.